The van der Waals surface area contributed by atoms with Crippen molar-refractivity contribution in [1.82, 2.24) is 8.01 Å². The first kappa shape index (κ1) is 10.7. The van der Waals surface area contributed by atoms with Crippen LogP contribution in [0.5, 0.6) is 0 Å². The van der Waals surface area contributed by atoms with E-state index < -0.39 is 0 Å². The second kappa shape index (κ2) is 4.77. The molecule has 12 heavy (non-hydrogen) atoms. The van der Waals surface area contributed by atoms with Crippen molar-refractivity contribution < 1.29 is 0 Å². The lowest BCUT2D eigenvalue weighted by Crippen LogP contribution is -2.37. The van der Waals surface area contributed by atoms with E-state index in [0.717, 1.165) is 18.5 Å². The van der Waals surface area contributed by atoms with Crippen molar-refractivity contribution in [2.24, 2.45) is 5.92 Å². The molecular weight excluding hydrogens is 263 g/mol. The Bertz CT molecular complexity index is 130. The number of likely N-dealkylation sites (tertiary alicyclic amines) is 1. The fourth-order valence-corrected chi connectivity index (χ4v) is 2.25. The monoisotopic (exact) mass is 282 g/mol. The minimum atomic E-state index is 0.779. The van der Waals surface area contributed by atoms with Crippen LogP contribution in [0.25, 0.3) is 0 Å². The van der Waals surface area contributed by atoms with Crippen LogP contribution in [0.4, 0.5) is 0 Å². The summed E-state index contributed by atoms with van der Waals surface area (Å²) in [7, 11) is 2.24. The van der Waals surface area contributed by atoms with Crippen LogP contribution in [0.15, 0.2) is 0 Å². The molecule has 1 aliphatic heterocycles. The molecule has 0 amide bonds. The maximum Gasteiger partial charge on any atom is 0.0254 e. The number of rotatable bonds is 3. The standard InChI is InChI=1S/C9H19IN2/c1-4-12(10)7-9-8(2)5-6-11(9)3/h8-9H,4-7H2,1-3H3. The molecule has 2 nitrogen and oxygen atoms in total. The molecule has 0 aromatic carbocycles. The van der Waals surface area contributed by atoms with Gasteiger partial charge in [-0.15, -0.1) is 0 Å². The van der Waals surface area contributed by atoms with E-state index in [1.165, 1.54) is 19.5 Å². The Hall–Kier alpha value is 0.650. The smallest absolute Gasteiger partial charge is 0.0254 e. The van der Waals surface area contributed by atoms with Gasteiger partial charge in [-0.05, 0) is 25.9 Å². The maximum absolute atomic E-state index is 2.49. The number of likely N-dealkylation sites (N-methyl/N-ethyl adjacent to an activating group) is 2. The first-order valence-corrected chi connectivity index (χ1v) is 5.72. The summed E-state index contributed by atoms with van der Waals surface area (Å²) in [6.07, 6.45) is 1.37. The van der Waals surface area contributed by atoms with E-state index in [1.54, 1.807) is 0 Å². The van der Waals surface area contributed by atoms with Crippen LogP contribution in [0.3, 0.4) is 0 Å². The van der Waals surface area contributed by atoms with Crippen LogP contribution in [0.2, 0.25) is 0 Å². The average Bonchev–Trinajstić information content (AvgIpc) is 2.35. The van der Waals surface area contributed by atoms with Crippen LogP contribution >= 0.6 is 22.9 Å². The zero-order valence-corrected chi connectivity index (χ0v) is 10.4. The molecule has 1 heterocycles. The summed E-state index contributed by atoms with van der Waals surface area (Å²) in [6, 6.07) is 0.779. The van der Waals surface area contributed by atoms with Crippen LogP contribution in [0, 0.1) is 5.92 Å². The third-order valence-electron chi connectivity index (χ3n) is 2.89. The molecular formula is C9H19IN2. The van der Waals surface area contributed by atoms with E-state index in [2.05, 4.69) is 51.8 Å². The molecule has 1 saturated heterocycles. The van der Waals surface area contributed by atoms with Crippen LogP contribution in [-0.2, 0) is 0 Å². The number of nitrogens with zero attached hydrogens (tertiary/aromatic N) is 2. The van der Waals surface area contributed by atoms with Crippen molar-refractivity contribution in [3.63, 3.8) is 0 Å². The SMILES string of the molecule is CCN(I)CC1C(C)CCN1C. The predicted molar refractivity (Wildman–Crippen MR) is 61.5 cm³/mol. The topological polar surface area (TPSA) is 6.48 Å². The minimum absolute atomic E-state index is 0.779. The highest BCUT2D eigenvalue weighted by Crippen LogP contribution is 2.23. The summed E-state index contributed by atoms with van der Waals surface area (Å²) < 4.78 is 2.38. The van der Waals surface area contributed by atoms with Crippen molar-refractivity contribution in [1.29, 1.82) is 0 Å². The molecule has 0 N–H and O–H groups in total. The van der Waals surface area contributed by atoms with Gasteiger partial charge >= 0.3 is 0 Å². The highest BCUT2D eigenvalue weighted by Gasteiger charge is 2.28. The second-order valence-electron chi connectivity index (χ2n) is 3.78. The Morgan fingerprint density at radius 1 is 1.58 bits per heavy atom. The molecule has 0 spiro atoms. The van der Waals surface area contributed by atoms with Gasteiger partial charge in [0.25, 0.3) is 0 Å². The lowest BCUT2D eigenvalue weighted by molar-refractivity contribution is 0.247. The highest BCUT2D eigenvalue weighted by atomic mass is 127. The first-order chi connectivity index (χ1) is 5.65. The Kier molecular flexibility index (Phi) is 4.26. The van der Waals surface area contributed by atoms with E-state index >= 15 is 0 Å². The van der Waals surface area contributed by atoms with Gasteiger partial charge in [-0.1, -0.05) is 13.8 Å². The van der Waals surface area contributed by atoms with E-state index in [1.807, 2.05) is 0 Å². The summed E-state index contributed by atoms with van der Waals surface area (Å²) in [4.78, 5) is 2.49. The van der Waals surface area contributed by atoms with Gasteiger partial charge in [-0.3, -0.25) is 0 Å². The second-order valence-corrected chi connectivity index (χ2v) is 5.14. The van der Waals surface area contributed by atoms with Crippen molar-refractivity contribution in [2.75, 3.05) is 26.7 Å². The lowest BCUT2D eigenvalue weighted by Gasteiger charge is -2.26. The van der Waals surface area contributed by atoms with Crippen LogP contribution < -0.4 is 0 Å². The zero-order valence-electron chi connectivity index (χ0n) is 8.26. The highest BCUT2D eigenvalue weighted by molar-refractivity contribution is 14.1. The maximum atomic E-state index is 2.49. The summed E-state index contributed by atoms with van der Waals surface area (Å²) in [5, 5.41) is 0. The average molecular weight is 282 g/mol. The van der Waals surface area contributed by atoms with Crippen LogP contribution in [0.1, 0.15) is 20.3 Å². The summed E-state index contributed by atoms with van der Waals surface area (Å²) >= 11 is 2.42. The normalized spacial score (nSPS) is 31.8. The van der Waals surface area contributed by atoms with Crippen molar-refractivity contribution in [3.8, 4) is 0 Å². The molecule has 72 valence electrons. The fourth-order valence-electron chi connectivity index (χ4n) is 1.85. The quantitative estimate of drug-likeness (QED) is 0.577. The molecule has 0 aliphatic carbocycles. The molecule has 3 heteroatoms. The molecule has 1 rings (SSSR count). The molecule has 0 aromatic heterocycles. The van der Waals surface area contributed by atoms with Gasteiger partial charge in [0.1, 0.15) is 0 Å². The third kappa shape index (κ3) is 2.57. The van der Waals surface area contributed by atoms with Crippen molar-refractivity contribution in [2.45, 2.75) is 26.3 Å². The Labute approximate surface area is 89.8 Å². The van der Waals surface area contributed by atoms with E-state index in [9.17, 15) is 0 Å². The van der Waals surface area contributed by atoms with E-state index in [4.69, 9.17) is 0 Å². The van der Waals surface area contributed by atoms with Crippen LogP contribution in [-0.4, -0.2) is 40.7 Å². The van der Waals surface area contributed by atoms with Gasteiger partial charge in [0.15, 0.2) is 0 Å². The van der Waals surface area contributed by atoms with Gasteiger partial charge in [0.05, 0.1) is 0 Å². The molecule has 1 fully saturated rings. The summed E-state index contributed by atoms with van der Waals surface area (Å²) in [5.41, 5.74) is 0. The van der Waals surface area contributed by atoms with Gasteiger partial charge < -0.3 is 4.90 Å². The van der Waals surface area contributed by atoms with Gasteiger partial charge in [0.2, 0.25) is 0 Å². The Morgan fingerprint density at radius 2 is 2.25 bits per heavy atom. The zero-order chi connectivity index (χ0) is 9.14. The molecule has 0 aromatic rings. The largest absolute Gasteiger partial charge is 0.302 e. The predicted octanol–water partition coefficient (Wildman–Crippen LogP) is 2.00. The molecule has 2 unspecified atom stereocenters. The summed E-state index contributed by atoms with van der Waals surface area (Å²) in [6.45, 7) is 8.23. The van der Waals surface area contributed by atoms with Gasteiger partial charge in [-0.25, -0.2) is 3.11 Å². The van der Waals surface area contributed by atoms with Gasteiger partial charge in [-0.2, -0.15) is 0 Å². The fraction of sp³-hybridized carbons (Fsp3) is 1.00. The molecule has 2 atom stereocenters. The molecule has 1 aliphatic rings. The van der Waals surface area contributed by atoms with Gasteiger partial charge in [0, 0.05) is 42.0 Å². The number of hydrogen-bond acceptors (Lipinski definition) is 2. The van der Waals surface area contributed by atoms with Crippen molar-refractivity contribution >= 4 is 22.9 Å². The Morgan fingerprint density at radius 3 is 2.67 bits per heavy atom. The lowest BCUT2D eigenvalue weighted by atomic mass is 10.0. The molecule has 0 radical (unpaired) electrons. The third-order valence-corrected chi connectivity index (χ3v) is 3.96. The van der Waals surface area contributed by atoms with E-state index in [-0.39, 0.29) is 0 Å². The minimum Gasteiger partial charge on any atom is -0.302 e. The van der Waals surface area contributed by atoms with E-state index in [0.29, 0.717) is 0 Å². The number of hydrogen-bond donors (Lipinski definition) is 0. The first-order valence-electron chi connectivity index (χ1n) is 4.76. The summed E-state index contributed by atoms with van der Waals surface area (Å²) in [5.74, 6) is 0.874. The molecule has 0 bridgehead atoms. The number of halogens is 1. The molecule has 0 saturated carbocycles. The Balaban J connectivity index is 2.38. The van der Waals surface area contributed by atoms with Crippen molar-refractivity contribution in [3.05, 3.63) is 0 Å².